The van der Waals surface area contributed by atoms with Gasteiger partial charge in [-0.15, -0.1) is 0 Å². The van der Waals surface area contributed by atoms with Gasteiger partial charge in [-0.25, -0.2) is 4.79 Å². The first kappa shape index (κ1) is 14.9. The molecule has 1 fully saturated rings. The molecule has 2 rings (SSSR count). The first-order chi connectivity index (χ1) is 9.50. The number of thioether (sulfide) groups is 1. The average molecular weight is 291 g/mol. The van der Waals surface area contributed by atoms with E-state index in [0.717, 1.165) is 10.9 Å². The smallest absolute Gasteiger partial charge is 0.284 e. The van der Waals surface area contributed by atoms with Gasteiger partial charge in [-0.3, -0.25) is 14.8 Å². The Morgan fingerprint density at radius 2 is 1.80 bits per heavy atom. The molecule has 1 aromatic carbocycles. The lowest BCUT2D eigenvalue weighted by atomic mass is 10.3. The SMILES string of the molecule is CC(C)N=C1SCN(c2ccccc2)C(=O)N1C(C)C. The predicted molar refractivity (Wildman–Crippen MR) is 86.3 cm³/mol. The predicted octanol–water partition coefficient (Wildman–Crippen LogP) is 3.79. The molecule has 5 heteroatoms. The van der Waals surface area contributed by atoms with Crippen molar-refractivity contribution in [2.75, 3.05) is 10.8 Å². The summed E-state index contributed by atoms with van der Waals surface area (Å²) in [4.78, 5) is 20.9. The number of benzene rings is 1. The van der Waals surface area contributed by atoms with Crippen molar-refractivity contribution in [1.29, 1.82) is 0 Å². The minimum absolute atomic E-state index is 0.00403. The van der Waals surface area contributed by atoms with E-state index in [1.165, 1.54) is 0 Å². The number of para-hydroxylation sites is 1. The zero-order valence-electron chi connectivity index (χ0n) is 12.4. The molecular formula is C15H21N3OS. The van der Waals surface area contributed by atoms with E-state index in [4.69, 9.17) is 0 Å². The van der Waals surface area contributed by atoms with Gasteiger partial charge >= 0.3 is 6.03 Å². The fraction of sp³-hybridized carbons (Fsp3) is 0.467. The standard InChI is InChI=1S/C15H21N3OS/c1-11(2)16-14-18(12(3)4)15(19)17(10-20-14)13-8-6-5-7-9-13/h5-9,11-12H,10H2,1-4H3. The molecule has 0 bridgehead atoms. The zero-order valence-corrected chi connectivity index (χ0v) is 13.2. The number of carbonyl (C=O) groups excluding carboxylic acids is 1. The third-order valence-corrected chi connectivity index (χ3v) is 3.87. The highest BCUT2D eigenvalue weighted by Gasteiger charge is 2.33. The van der Waals surface area contributed by atoms with Gasteiger partial charge in [0.25, 0.3) is 0 Å². The van der Waals surface area contributed by atoms with Gasteiger partial charge in [0.05, 0.1) is 5.88 Å². The van der Waals surface area contributed by atoms with Gasteiger partial charge in [-0.2, -0.15) is 0 Å². The Hall–Kier alpha value is -1.49. The lowest BCUT2D eigenvalue weighted by Gasteiger charge is -2.38. The van der Waals surface area contributed by atoms with Gasteiger partial charge in [-0.1, -0.05) is 30.0 Å². The largest absolute Gasteiger partial charge is 0.331 e. The van der Waals surface area contributed by atoms with E-state index in [0.29, 0.717) is 5.88 Å². The van der Waals surface area contributed by atoms with Gasteiger partial charge in [0.2, 0.25) is 0 Å². The molecule has 108 valence electrons. The van der Waals surface area contributed by atoms with Crippen molar-refractivity contribution in [1.82, 2.24) is 4.90 Å². The van der Waals surface area contributed by atoms with Crippen molar-refractivity contribution in [3.8, 4) is 0 Å². The van der Waals surface area contributed by atoms with E-state index >= 15 is 0 Å². The van der Waals surface area contributed by atoms with Crippen LogP contribution in [0.1, 0.15) is 27.7 Å². The van der Waals surface area contributed by atoms with Crippen molar-refractivity contribution < 1.29 is 4.79 Å². The molecule has 1 aliphatic rings. The molecule has 0 aromatic heterocycles. The molecule has 0 radical (unpaired) electrons. The Labute approximate surface area is 124 Å². The molecule has 0 unspecified atom stereocenters. The normalized spacial score (nSPS) is 18.5. The number of carbonyl (C=O) groups is 1. The second-order valence-corrected chi connectivity index (χ2v) is 6.20. The molecule has 1 aromatic rings. The summed E-state index contributed by atoms with van der Waals surface area (Å²) >= 11 is 1.62. The zero-order chi connectivity index (χ0) is 14.7. The lowest BCUT2D eigenvalue weighted by Crippen LogP contribution is -2.53. The number of aliphatic imine (C=N–C) groups is 1. The molecule has 0 spiro atoms. The first-order valence-corrected chi connectivity index (χ1v) is 7.85. The van der Waals surface area contributed by atoms with Crippen LogP contribution in [0.3, 0.4) is 0 Å². The van der Waals surface area contributed by atoms with Crippen molar-refractivity contribution in [2.24, 2.45) is 4.99 Å². The van der Waals surface area contributed by atoms with Crippen LogP contribution >= 0.6 is 11.8 Å². The highest BCUT2D eigenvalue weighted by Crippen LogP contribution is 2.27. The summed E-state index contributed by atoms with van der Waals surface area (Å²) in [6, 6.07) is 10.1. The van der Waals surface area contributed by atoms with E-state index in [9.17, 15) is 4.79 Å². The maximum Gasteiger partial charge on any atom is 0.331 e. The van der Waals surface area contributed by atoms with Crippen molar-refractivity contribution >= 4 is 28.6 Å². The Morgan fingerprint density at radius 1 is 1.15 bits per heavy atom. The lowest BCUT2D eigenvalue weighted by molar-refractivity contribution is 0.220. The van der Waals surface area contributed by atoms with Gasteiger partial charge in [-0.05, 0) is 39.8 Å². The molecule has 0 saturated carbocycles. The highest BCUT2D eigenvalue weighted by molar-refractivity contribution is 8.14. The average Bonchev–Trinajstić information content (AvgIpc) is 2.38. The Balaban J connectivity index is 2.29. The summed E-state index contributed by atoms with van der Waals surface area (Å²) in [6.45, 7) is 8.09. The number of hydrogen-bond donors (Lipinski definition) is 0. The summed E-state index contributed by atoms with van der Waals surface area (Å²) in [5.41, 5.74) is 0.930. The third-order valence-electron chi connectivity index (χ3n) is 2.92. The molecule has 1 saturated heterocycles. The highest BCUT2D eigenvalue weighted by atomic mass is 32.2. The molecule has 1 aliphatic heterocycles. The number of amides is 2. The van der Waals surface area contributed by atoms with Gasteiger partial charge in [0.1, 0.15) is 0 Å². The molecule has 0 N–H and O–H groups in total. The first-order valence-electron chi connectivity index (χ1n) is 6.87. The number of urea groups is 1. The maximum atomic E-state index is 12.7. The van der Waals surface area contributed by atoms with E-state index in [2.05, 4.69) is 4.99 Å². The van der Waals surface area contributed by atoms with Crippen LogP contribution in [-0.4, -0.2) is 34.1 Å². The third kappa shape index (κ3) is 3.15. The topological polar surface area (TPSA) is 35.9 Å². The fourth-order valence-electron chi connectivity index (χ4n) is 2.01. The Kier molecular flexibility index (Phi) is 4.70. The number of nitrogens with zero attached hydrogens (tertiary/aromatic N) is 3. The maximum absolute atomic E-state index is 12.7. The number of anilines is 1. The van der Waals surface area contributed by atoms with E-state index in [1.54, 1.807) is 21.6 Å². The summed E-state index contributed by atoms with van der Waals surface area (Å²) in [7, 11) is 0. The molecule has 2 amide bonds. The fourth-order valence-corrected chi connectivity index (χ4v) is 3.23. The van der Waals surface area contributed by atoms with Crippen LogP contribution in [0.25, 0.3) is 0 Å². The second kappa shape index (κ2) is 6.31. The monoisotopic (exact) mass is 291 g/mol. The van der Waals surface area contributed by atoms with Gasteiger partial charge in [0.15, 0.2) is 5.17 Å². The second-order valence-electron chi connectivity index (χ2n) is 5.29. The van der Waals surface area contributed by atoms with Crippen molar-refractivity contribution in [3.05, 3.63) is 30.3 Å². The number of rotatable bonds is 3. The van der Waals surface area contributed by atoms with Crippen molar-refractivity contribution in [3.63, 3.8) is 0 Å². The summed E-state index contributed by atoms with van der Waals surface area (Å²) < 4.78 is 0. The van der Waals surface area contributed by atoms with Crippen LogP contribution in [0.4, 0.5) is 10.5 Å². The van der Waals surface area contributed by atoms with Crippen LogP contribution in [-0.2, 0) is 0 Å². The van der Waals surface area contributed by atoms with E-state index < -0.39 is 0 Å². The van der Waals surface area contributed by atoms with E-state index in [1.807, 2.05) is 58.0 Å². The minimum Gasteiger partial charge on any atom is -0.284 e. The molecule has 1 heterocycles. The molecule has 0 aliphatic carbocycles. The molecule has 0 atom stereocenters. The van der Waals surface area contributed by atoms with Gasteiger partial charge < -0.3 is 0 Å². The summed E-state index contributed by atoms with van der Waals surface area (Å²) in [6.07, 6.45) is 0. The summed E-state index contributed by atoms with van der Waals surface area (Å²) in [5, 5.41) is 0.826. The number of amidine groups is 1. The Morgan fingerprint density at radius 3 is 2.35 bits per heavy atom. The molecular weight excluding hydrogens is 270 g/mol. The summed E-state index contributed by atoms with van der Waals surface area (Å²) in [5.74, 6) is 0.609. The van der Waals surface area contributed by atoms with Gasteiger partial charge in [0, 0.05) is 17.8 Å². The van der Waals surface area contributed by atoms with Crippen LogP contribution < -0.4 is 4.90 Å². The molecule has 20 heavy (non-hydrogen) atoms. The van der Waals surface area contributed by atoms with Crippen LogP contribution in [0.5, 0.6) is 0 Å². The van der Waals surface area contributed by atoms with Crippen molar-refractivity contribution in [2.45, 2.75) is 39.8 Å². The Bertz CT molecular complexity index is 499. The molecule has 4 nitrogen and oxygen atoms in total. The van der Waals surface area contributed by atoms with Crippen LogP contribution in [0.2, 0.25) is 0 Å². The number of hydrogen-bond acceptors (Lipinski definition) is 3. The van der Waals surface area contributed by atoms with Crippen LogP contribution in [0.15, 0.2) is 35.3 Å². The van der Waals surface area contributed by atoms with E-state index in [-0.39, 0.29) is 18.1 Å². The minimum atomic E-state index is 0.00403. The quantitative estimate of drug-likeness (QED) is 0.849. The van der Waals surface area contributed by atoms with Crippen LogP contribution in [0, 0.1) is 0 Å².